The van der Waals surface area contributed by atoms with Crippen LogP contribution in [0.15, 0.2) is 48.5 Å². The highest BCUT2D eigenvalue weighted by Crippen LogP contribution is 2.24. The Bertz CT molecular complexity index is 839. The lowest BCUT2D eigenvalue weighted by atomic mass is 10.0. The summed E-state index contributed by atoms with van der Waals surface area (Å²) in [5, 5.41) is 3.72. The fraction of sp³-hybridized carbons (Fsp3) is 0.318. The maximum Gasteiger partial charge on any atom is 0.224 e. The van der Waals surface area contributed by atoms with Crippen molar-refractivity contribution in [1.82, 2.24) is 4.90 Å². The van der Waals surface area contributed by atoms with Crippen molar-refractivity contribution in [2.45, 2.75) is 12.8 Å². The average Bonchev–Trinajstić information content (AvgIpc) is 2.69. The predicted octanol–water partition coefficient (Wildman–Crippen LogP) is 4.06. The van der Waals surface area contributed by atoms with E-state index in [1.165, 1.54) is 16.8 Å². The first kappa shape index (κ1) is 18.1. The minimum Gasteiger partial charge on any atom is -0.369 e. The third-order valence-electron chi connectivity index (χ3n) is 5.26. The molecule has 0 aromatic heterocycles. The van der Waals surface area contributed by atoms with Gasteiger partial charge in [-0.25, -0.2) is 0 Å². The number of aryl methyl sites for hydroxylation is 1. The molecule has 4 nitrogen and oxygen atoms in total. The van der Waals surface area contributed by atoms with E-state index in [0.717, 1.165) is 49.9 Å². The number of fused-ring (bicyclic) bond motifs is 1. The van der Waals surface area contributed by atoms with Gasteiger partial charge >= 0.3 is 0 Å². The second-order valence-corrected chi connectivity index (χ2v) is 7.57. The van der Waals surface area contributed by atoms with Gasteiger partial charge in [0.15, 0.2) is 0 Å². The van der Waals surface area contributed by atoms with Crippen molar-refractivity contribution >= 4 is 35.0 Å². The largest absolute Gasteiger partial charge is 0.369 e. The molecule has 1 amide bonds. The summed E-state index contributed by atoms with van der Waals surface area (Å²) in [5.41, 5.74) is 4.63. The molecule has 0 saturated carbocycles. The van der Waals surface area contributed by atoms with E-state index < -0.39 is 0 Å². The standard InChI is InChI=1S/C22H24ClN3O/c23-19-5-7-20(8-6-19)26-14-12-25(13-15-26)11-1-2-17-3-9-21-18(16-17)4-10-22(27)24-21/h1-3,5-9,16H,4,10-15H2,(H,24,27)/b2-1+. The van der Waals surface area contributed by atoms with Crippen molar-refractivity contribution in [2.24, 2.45) is 0 Å². The molecule has 5 heteroatoms. The molecule has 2 aliphatic heterocycles. The highest BCUT2D eigenvalue weighted by molar-refractivity contribution is 6.30. The third kappa shape index (κ3) is 4.52. The molecule has 0 spiro atoms. The Morgan fingerprint density at radius 1 is 1.00 bits per heavy atom. The zero-order valence-electron chi connectivity index (χ0n) is 15.3. The lowest BCUT2D eigenvalue weighted by Gasteiger charge is -2.35. The SMILES string of the molecule is O=C1CCc2cc(/C=C/CN3CCN(c4ccc(Cl)cc4)CC3)ccc2N1. The Labute approximate surface area is 165 Å². The van der Waals surface area contributed by atoms with Crippen LogP contribution in [0.25, 0.3) is 6.08 Å². The van der Waals surface area contributed by atoms with E-state index in [4.69, 9.17) is 11.6 Å². The third-order valence-corrected chi connectivity index (χ3v) is 5.51. The van der Waals surface area contributed by atoms with Crippen molar-refractivity contribution in [3.05, 3.63) is 64.7 Å². The number of nitrogens with one attached hydrogen (secondary N) is 1. The van der Waals surface area contributed by atoms with Crippen molar-refractivity contribution < 1.29 is 4.79 Å². The monoisotopic (exact) mass is 381 g/mol. The quantitative estimate of drug-likeness (QED) is 0.867. The number of benzene rings is 2. The molecule has 1 N–H and O–H groups in total. The van der Waals surface area contributed by atoms with Gasteiger partial charge in [0, 0.05) is 55.5 Å². The molecule has 0 radical (unpaired) electrons. The molecular formula is C22H24ClN3O. The van der Waals surface area contributed by atoms with Crippen LogP contribution in [0.4, 0.5) is 11.4 Å². The summed E-state index contributed by atoms with van der Waals surface area (Å²) in [6.45, 7) is 5.15. The summed E-state index contributed by atoms with van der Waals surface area (Å²) in [5.74, 6) is 0.114. The van der Waals surface area contributed by atoms with Gasteiger partial charge < -0.3 is 10.2 Å². The fourth-order valence-electron chi connectivity index (χ4n) is 3.69. The van der Waals surface area contributed by atoms with Crippen molar-refractivity contribution in [3.8, 4) is 0 Å². The van der Waals surface area contributed by atoms with Crippen molar-refractivity contribution in [2.75, 3.05) is 42.9 Å². The molecule has 2 aliphatic rings. The zero-order chi connectivity index (χ0) is 18.6. The second kappa shape index (κ2) is 8.15. The average molecular weight is 382 g/mol. The minimum atomic E-state index is 0.114. The van der Waals surface area contributed by atoms with Gasteiger partial charge in [-0.1, -0.05) is 29.8 Å². The number of nitrogens with zero attached hydrogens (tertiary/aromatic N) is 2. The first-order valence-electron chi connectivity index (χ1n) is 9.49. The van der Waals surface area contributed by atoms with Gasteiger partial charge in [-0.3, -0.25) is 9.69 Å². The Kier molecular flexibility index (Phi) is 5.46. The maximum atomic E-state index is 11.4. The summed E-state index contributed by atoms with van der Waals surface area (Å²) in [4.78, 5) is 16.3. The number of anilines is 2. The van der Waals surface area contributed by atoms with Gasteiger partial charge in [0.25, 0.3) is 0 Å². The van der Waals surface area contributed by atoms with Gasteiger partial charge in [0.05, 0.1) is 0 Å². The predicted molar refractivity (Wildman–Crippen MR) is 113 cm³/mol. The van der Waals surface area contributed by atoms with Crippen LogP contribution in [-0.2, 0) is 11.2 Å². The number of hydrogen-bond acceptors (Lipinski definition) is 3. The zero-order valence-corrected chi connectivity index (χ0v) is 16.1. The van der Waals surface area contributed by atoms with Gasteiger partial charge in [-0.15, -0.1) is 0 Å². The molecular weight excluding hydrogens is 358 g/mol. The number of piperazine rings is 1. The van der Waals surface area contributed by atoms with E-state index in [0.29, 0.717) is 6.42 Å². The van der Waals surface area contributed by atoms with Crippen LogP contribution in [0.1, 0.15) is 17.5 Å². The number of amides is 1. The molecule has 0 aliphatic carbocycles. The smallest absolute Gasteiger partial charge is 0.224 e. The highest BCUT2D eigenvalue weighted by Gasteiger charge is 2.16. The van der Waals surface area contributed by atoms with E-state index in [9.17, 15) is 4.79 Å². The van der Waals surface area contributed by atoms with Gasteiger partial charge in [-0.2, -0.15) is 0 Å². The lowest BCUT2D eigenvalue weighted by molar-refractivity contribution is -0.116. The van der Waals surface area contributed by atoms with Crippen LogP contribution in [0.2, 0.25) is 5.02 Å². The first-order chi connectivity index (χ1) is 13.2. The highest BCUT2D eigenvalue weighted by atomic mass is 35.5. The van der Waals surface area contributed by atoms with Crippen molar-refractivity contribution in [1.29, 1.82) is 0 Å². The van der Waals surface area contributed by atoms with Crippen LogP contribution in [0, 0.1) is 0 Å². The number of carbonyl (C=O) groups excluding carboxylic acids is 1. The molecule has 140 valence electrons. The topological polar surface area (TPSA) is 35.6 Å². The molecule has 2 aromatic rings. The Hall–Kier alpha value is -2.30. The summed E-state index contributed by atoms with van der Waals surface area (Å²) in [7, 11) is 0. The number of rotatable bonds is 4. The van der Waals surface area contributed by atoms with E-state index in [1.54, 1.807) is 0 Å². The van der Waals surface area contributed by atoms with Gasteiger partial charge in [0.1, 0.15) is 0 Å². The summed E-state index contributed by atoms with van der Waals surface area (Å²) in [6, 6.07) is 14.4. The molecule has 2 aromatic carbocycles. The number of hydrogen-bond donors (Lipinski definition) is 1. The maximum absolute atomic E-state index is 11.4. The summed E-state index contributed by atoms with van der Waals surface area (Å²) in [6.07, 6.45) is 5.83. The lowest BCUT2D eigenvalue weighted by Crippen LogP contribution is -2.46. The molecule has 0 unspecified atom stereocenters. The molecule has 1 fully saturated rings. The van der Waals surface area contributed by atoms with Crippen LogP contribution in [0.3, 0.4) is 0 Å². The van der Waals surface area contributed by atoms with Crippen molar-refractivity contribution in [3.63, 3.8) is 0 Å². The molecule has 2 heterocycles. The minimum absolute atomic E-state index is 0.114. The van der Waals surface area contributed by atoms with Gasteiger partial charge in [-0.05, 0) is 53.9 Å². The molecule has 27 heavy (non-hydrogen) atoms. The number of carbonyl (C=O) groups is 1. The molecule has 4 rings (SSSR count). The molecule has 0 bridgehead atoms. The Morgan fingerprint density at radius 2 is 1.78 bits per heavy atom. The molecule has 1 saturated heterocycles. The number of halogens is 1. The Morgan fingerprint density at radius 3 is 2.56 bits per heavy atom. The molecule has 0 atom stereocenters. The van der Waals surface area contributed by atoms with E-state index in [-0.39, 0.29) is 5.91 Å². The van der Waals surface area contributed by atoms with E-state index in [1.807, 2.05) is 18.2 Å². The first-order valence-corrected chi connectivity index (χ1v) is 9.87. The van der Waals surface area contributed by atoms with E-state index in [2.05, 4.69) is 51.5 Å². The Balaban J connectivity index is 1.28. The summed E-state index contributed by atoms with van der Waals surface area (Å²) < 4.78 is 0. The van der Waals surface area contributed by atoms with Crippen LogP contribution in [-0.4, -0.2) is 43.5 Å². The second-order valence-electron chi connectivity index (χ2n) is 7.13. The fourth-order valence-corrected chi connectivity index (χ4v) is 3.81. The summed E-state index contributed by atoms with van der Waals surface area (Å²) >= 11 is 5.97. The van der Waals surface area contributed by atoms with Crippen LogP contribution < -0.4 is 10.2 Å². The van der Waals surface area contributed by atoms with Crippen LogP contribution in [0.5, 0.6) is 0 Å². The van der Waals surface area contributed by atoms with Gasteiger partial charge in [0.2, 0.25) is 5.91 Å². The van der Waals surface area contributed by atoms with E-state index >= 15 is 0 Å². The normalized spacial score (nSPS) is 17.8. The van der Waals surface area contributed by atoms with Crippen LogP contribution >= 0.6 is 11.6 Å².